The van der Waals surface area contributed by atoms with E-state index in [2.05, 4.69) is 25.6 Å². The normalized spacial score (nSPS) is 11.9. The van der Waals surface area contributed by atoms with E-state index in [1.165, 1.54) is 11.8 Å². The summed E-state index contributed by atoms with van der Waals surface area (Å²) in [7, 11) is 0. The predicted molar refractivity (Wildman–Crippen MR) is 57.2 cm³/mol. The second kappa shape index (κ2) is 5.32. The summed E-state index contributed by atoms with van der Waals surface area (Å²) < 4.78 is 10.5. The highest BCUT2D eigenvalue weighted by Gasteiger charge is 2.01. The summed E-state index contributed by atoms with van der Waals surface area (Å²) >= 11 is 0. The van der Waals surface area contributed by atoms with E-state index in [9.17, 15) is 0 Å². The molecule has 0 aromatic heterocycles. The highest BCUT2D eigenvalue weighted by Crippen LogP contribution is 2.14. The van der Waals surface area contributed by atoms with Crippen molar-refractivity contribution in [3.8, 4) is 5.75 Å². The number of benzene rings is 1. The predicted octanol–water partition coefficient (Wildman–Crippen LogP) is 3.13. The van der Waals surface area contributed by atoms with Gasteiger partial charge in [0.2, 0.25) is 6.29 Å². The van der Waals surface area contributed by atoms with Crippen LogP contribution in [0.3, 0.4) is 0 Å². The van der Waals surface area contributed by atoms with Crippen molar-refractivity contribution in [2.24, 2.45) is 0 Å². The number of ether oxygens (including phenoxy) is 2. The first kappa shape index (κ1) is 10.6. The average molecular weight is 192 g/mol. The van der Waals surface area contributed by atoms with E-state index in [1.54, 1.807) is 0 Å². The molecule has 0 aliphatic rings. The molecule has 1 atom stereocenters. The van der Waals surface area contributed by atoms with Crippen LogP contribution in [0.15, 0.2) is 37.1 Å². The maximum atomic E-state index is 5.46. The Balaban J connectivity index is 2.54. The molecule has 1 aromatic carbocycles. The molecule has 2 heteroatoms. The van der Waals surface area contributed by atoms with Crippen LogP contribution in [-0.2, 0) is 11.2 Å². The fourth-order valence-electron chi connectivity index (χ4n) is 1.16. The van der Waals surface area contributed by atoms with Gasteiger partial charge in [0.25, 0.3) is 0 Å². The fraction of sp³-hybridized carbons (Fsp3) is 0.333. The third-order valence-electron chi connectivity index (χ3n) is 1.92. The highest BCUT2D eigenvalue weighted by atomic mass is 16.7. The summed E-state index contributed by atoms with van der Waals surface area (Å²) in [5, 5.41) is 0. The third kappa shape index (κ3) is 3.13. The molecule has 0 aliphatic carbocycles. The molecule has 14 heavy (non-hydrogen) atoms. The third-order valence-corrected chi connectivity index (χ3v) is 1.92. The van der Waals surface area contributed by atoms with Gasteiger partial charge in [0.05, 0.1) is 6.26 Å². The van der Waals surface area contributed by atoms with Gasteiger partial charge in [-0.1, -0.05) is 25.6 Å². The summed E-state index contributed by atoms with van der Waals surface area (Å²) in [6.45, 7) is 7.42. The lowest BCUT2D eigenvalue weighted by Gasteiger charge is -2.13. The number of rotatable bonds is 5. The van der Waals surface area contributed by atoms with Crippen LogP contribution in [0.5, 0.6) is 5.75 Å². The van der Waals surface area contributed by atoms with E-state index in [0.29, 0.717) is 0 Å². The van der Waals surface area contributed by atoms with Crippen LogP contribution >= 0.6 is 0 Å². The van der Waals surface area contributed by atoms with Crippen molar-refractivity contribution in [2.75, 3.05) is 0 Å². The Hall–Kier alpha value is -1.44. The molecule has 0 fully saturated rings. The molecule has 0 N–H and O–H groups in total. The minimum Gasteiger partial charge on any atom is -0.463 e. The molecule has 0 amide bonds. The SMILES string of the molecule is C=COC(C)Oc1ccc(CC)cc1. The fourth-order valence-corrected chi connectivity index (χ4v) is 1.16. The first-order valence-electron chi connectivity index (χ1n) is 4.78. The zero-order chi connectivity index (χ0) is 10.4. The van der Waals surface area contributed by atoms with Crippen LogP contribution in [0.4, 0.5) is 0 Å². The monoisotopic (exact) mass is 192 g/mol. The Morgan fingerprint density at radius 3 is 2.50 bits per heavy atom. The van der Waals surface area contributed by atoms with Crippen LogP contribution < -0.4 is 4.74 Å². The lowest BCUT2D eigenvalue weighted by Crippen LogP contribution is -2.12. The minimum atomic E-state index is -0.292. The van der Waals surface area contributed by atoms with E-state index in [0.717, 1.165) is 12.2 Å². The first-order chi connectivity index (χ1) is 6.76. The Morgan fingerprint density at radius 1 is 1.36 bits per heavy atom. The number of hydrogen-bond acceptors (Lipinski definition) is 2. The van der Waals surface area contributed by atoms with E-state index < -0.39 is 0 Å². The zero-order valence-corrected chi connectivity index (χ0v) is 8.69. The maximum Gasteiger partial charge on any atom is 0.237 e. The molecule has 1 rings (SSSR count). The van der Waals surface area contributed by atoms with Crippen LogP contribution in [0.2, 0.25) is 0 Å². The van der Waals surface area contributed by atoms with Gasteiger partial charge in [0, 0.05) is 6.92 Å². The number of aryl methyl sites for hydroxylation is 1. The summed E-state index contributed by atoms with van der Waals surface area (Å²) in [5.41, 5.74) is 1.30. The van der Waals surface area contributed by atoms with Gasteiger partial charge in [-0.25, -0.2) is 0 Å². The van der Waals surface area contributed by atoms with Crippen molar-refractivity contribution in [3.63, 3.8) is 0 Å². The standard InChI is InChI=1S/C12H16O2/c1-4-11-6-8-12(9-7-11)14-10(3)13-5-2/h5-10H,2,4H2,1,3H3. The topological polar surface area (TPSA) is 18.5 Å². The van der Waals surface area contributed by atoms with Crippen molar-refractivity contribution in [1.29, 1.82) is 0 Å². The summed E-state index contributed by atoms with van der Waals surface area (Å²) in [6.07, 6.45) is 2.13. The molecule has 0 radical (unpaired) electrons. The van der Waals surface area contributed by atoms with Gasteiger partial charge < -0.3 is 9.47 Å². The van der Waals surface area contributed by atoms with Gasteiger partial charge in [0.15, 0.2) is 0 Å². The Bertz CT molecular complexity index is 277. The molecule has 0 saturated carbocycles. The molecule has 0 aliphatic heterocycles. The van der Waals surface area contributed by atoms with Crippen molar-refractivity contribution in [2.45, 2.75) is 26.6 Å². The van der Waals surface area contributed by atoms with Crippen molar-refractivity contribution in [1.82, 2.24) is 0 Å². The second-order valence-corrected chi connectivity index (χ2v) is 2.99. The van der Waals surface area contributed by atoms with Crippen molar-refractivity contribution < 1.29 is 9.47 Å². The van der Waals surface area contributed by atoms with Crippen molar-refractivity contribution >= 4 is 0 Å². The molecule has 1 unspecified atom stereocenters. The van der Waals surface area contributed by atoms with Gasteiger partial charge in [0.1, 0.15) is 5.75 Å². The maximum absolute atomic E-state index is 5.46. The van der Waals surface area contributed by atoms with Crippen LogP contribution in [0.1, 0.15) is 19.4 Å². The zero-order valence-electron chi connectivity index (χ0n) is 8.69. The molecule has 0 saturated heterocycles. The minimum absolute atomic E-state index is 0.292. The first-order valence-corrected chi connectivity index (χ1v) is 4.78. The van der Waals surface area contributed by atoms with Crippen LogP contribution in [0, 0.1) is 0 Å². The Morgan fingerprint density at radius 2 is 2.00 bits per heavy atom. The molecule has 0 spiro atoms. The molecule has 2 nitrogen and oxygen atoms in total. The van der Waals surface area contributed by atoms with Gasteiger partial charge in [-0.2, -0.15) is 0 Å². The summed E-state index contributed by atoms with van der Waals surface area (Å²) in [6, 6.07) is 8.00. The van der Waals surface area contributed by atoms with Gasteiger partial charge in [-0.15, -0.1) is 0 Å². The van der Waals surface area contributed by atoms with E-state index in [1.807, 2.05) is 19.1 Å². The summed E-state index contributed by atoms with van der Waals surface area (Å²) in [4.78, 5) is 0. The quantitative estimate of drug-likeness (QED) is 0.527. The average Bonchev–Trinajstić information content (AvgIpc) is 2.19. The van der Waals surface area contributed by atoms with E-state index in [-0.39, 0.29) is 6.29 Å². The lowest BCUT2D eigenvalue weighted by atomic mass is 10.2. The Kier molecular flexibility index (Phi) is 4.05. The largest absolute Gasteiger partial charge is 0.463 e. The van der Waals surface area contributed by atoms with E-state index in [4.69, 9.17) is 9.47 Å². The Labute approximate surface area is 85.2 Å². The second-order valence-electron chi connectivity index (χ2n) is 2.99. The lowest BCUT2D eigenvalue weighted by molar-refractivity contribution is -0.0131. The molecular formula is C12H16O2. The molecule has 76 valence electrons. The van der Waals surface area contributed by atoms with Crippen LogP contribution in [0.25, 0.3) is 0 Å². The number of hydrogen-bond donors (Lipinski definition) is 0. The van der Waals surface area contributed by atoms with Gasteiger partial charge >= 0.3 is 0 Å². The van der Waals surface area contributed by atoms with E-state index >= 15 is 0 Å². The molecular weight excluding hydrogens is 176 g/mol. The summed E-state index contributed by atoms with van der Waals surface area (Å²) in [5.74, 6) is 0.816. The highest BCUT2D eigenvalue weighted by molar-refractivity contribution is 5.27. The molecule has 0 heterocycles. The van der Waals surface area contributed by atoms with Crippen molar-refractivity contribution in [3.05, 3.63) is 42.7 Å². The smallest absolute Gasteiger partial charge is 0.237 e. The van der Waals surface area contributed by atoms with Gasteiger partial charge in [-0.3, -0.25) is 0 Å². The molecule has 0 bridgehead atoms. The van der Waals surface area contributed by atoms with Gasteiger partial charge in [-0.05, 0) is 24.1 Å². The molecule has 1 aromatic rings. The van der Waals surface area contributed by atoms with Crippen LogP contribution in [-0.4, -0.2) is 6.29 Å².